The number of aromatic nitrogens is 2. The topological polar surface area (TPSA) is 87.7 Å². The molecule has 0 saturated heterocycles. The molecule has 1 aliphatic rings. The van der Waals surface area contributed by atoms with E-state index in [0.29, 0.717) is 58.8 Å². The van der Waals surface area contributed by atoms with Gasteiger partial charge < -0.3 is 19.5 Å². The molecule has 1 atom stereocenters. The molecule has 0 radical (unpaired) electrons. The number of ether oxygens (including phenoxy) is 2. The van der Waals surface area contributed by atoms with Crippen LogP contribution in [0.15, 0.2) is 91.0 Å². The van der Waals surface area contributed by atoms with Gasteiger partial charge in [-0.1, -0.05) is 78.3 Å². The molecule has 8 heteroatoms. The van der Waals surface area contributed by atoms with Crippen molar-refractivity contribution in [2.45, 2.75) is 33.0 Å². The van der Waals surface area contributed by atoms with Crippen LogP contribution < -0.4 is 9.47 Å². The molecule has 1 unspecified atom stereocenters. The van der Waals surface area contributed by atoms with Crippen LogP contribution in [0.2, 0.25) is 5.02 Å². The van der Waals surface area contributed by atoms with Gasteiger partial charge in [0.05, 0.1) is 12.6 Å². The van der Waals surface area contributed by atoms with Crippen LogP contribution in [0.4, 0.5) is 0 Å². The largest absolute Gasteiger partial charge is 0.507 e. The number of fused-ring (bicyclic) bond motifs is 1. The lowest BCUT2D eigenvalue weighted by Crippen LogP contribution is -2.29. The number of hydrogen-bond acceptors (Lipinski definition) is 5. The summed E-state index contributed by atoms with van der Waals surface area (Å²) in [7, 11) is 0. The van der Waals surface area contributed by atoms with Crippen molar-refractivity contribution in [1.29, 1.82) is 0 Å². The summed E-state index contributed by atoms with van der Waals surface area (Å²) < 4.78 is 12.2. The van der Waals surface area contributed by atoms with Crippen molar-refractivity contribution in [2.24, 2.45) is 0 Å². The van der Waals surface area contributed by atoms with Gasteiger partial charge in [-0.3, -0.25) is 9.89 Å². The number of carbonyl (C=O) groups is 1. The summed E-state index contributed by atoms with van der Waals surface area (Å²) in [6.45, 7) is 4.96. The van der Waals surface area contributed by atoms with E-state index in [-0.39, 0.29) is 11.7 Å². The van der Waals surface area contributed by atoms with Gasteiger partial charge in [-0.25, -0.2) is 0 Å². The smallest absolute Gasteiger partial charge is 0.273 e. The second-order valence-electron chi connectivity index (χ2n) is 10.2. The first-order valence-electron chi connectivity index (χ1n) is 13.8. The first-order valence-corrected chi connectivity index (χ1v) is 14.2. The zero-order chi connectivity index (χ0) is 29.2. The molecule has 0 spiro atoms. The molecule has 2 heterocycles. The lowest BCUT2D eigenvalue weighted by atomic mass is 9.94. The normalized spacial score (nSPS) is 14.2. The molecule has 1 aliphatic heterocycles. The Kier molecular flexibility index (Phi) is 7.59. The van der Waals surface area contributed by atoms with Gasteiger partial charge in [0.15, 0.2) is 11.5 Å². The molecule has 1 amide bonds. The van der Waals surface area contributed by atoms with Crippen molar-refractivity contribution in [1.82, 2.24) is 15.1 Å². The number of phenols is 1. The Morgan fingerprint density at radius 2 is 1.64 bits per heavy atom. The van der Waals surface area contributed by atoms with Gasteiger partial charge in [-0.05, 0) is 60.4 Å². The molecule has 42 heavy (non-hydrogen) atoms. The molecule has 1 aromatic heterocycles. The first-order chi connectivity index (χ1) is 20.4. The van der Waals surface area contributed by atoms with Crippen molar-refractivity contribution < 1.29 is 19.4 Å². The molecule has 6 rings (SSSR count). The van der Waals surface area contributed by atoms with Crippen LogP contribution in [0, 0.1) is 6.92 Å². The van der Waals surface area contributed by atoms with Crippen LogP contribution in [-0.2, 0) is 13.2 Å². The number of aromatic hydroxyl groups is 1. The number of aromatic amines is 1. The number of halogens is 1. The van der Waals surface area contributed by atoms with Crippen LogP contribution in [0.5, 0.6) is 17.2 Å². The molecule has 5 aromatic rings. The van der Waals surface area contributed by atoms with Gasteiger partial charge >= 0.3 is 0 Å². The van der Waals surface area contributed by atoms with Crippen LogP contribution in [-0.4, -0.2) is 32.7 Å². The maximum absolute atomic E-state index is 13.9. The summed E-state index contributed by atoms with van der Waals surface area (Å²) >= 11 is 6.46. The first kappa shape index (κ1) is 27.4. The number of nitrogens with one attached hydrogen (secondary N) is 1. The van der Waals surface area contributed by atoms with Crippen LogP contribution in [0.3, 0.4) is 0 Å². The molecule has 0 aliphatic carbocycles. The van der Waals surface area contributed by atoms with Gasteiger partial charge in [0.1, 0.15) is 23.7 Å². The van der Waals surface area contributed by atoms with Crippen molar-refractivity contribution in [3.05, 3.63) is 130 Å². The summed E-state index contributed by atoms with van der Waals surface area (Å²) in [6.07, 6.45) is 0. The standard InChI is InChI=1S/C34H30ClN3O4/c1-3-41-29-17-24(14-15-28(29)42-20-23-12-8-5-9-13-23)33-30-31(25-18-26(35)21(2)16-27(25)39)36-37-32(30)34(40)38(33)19-22-10-6-4-7-11-22/h4-18,33,39H,3,19-20H2,1-2H3,(H,36,37). The molecule has 7 nitrogen and oxygen atoms in total. The van der Waals surface area contributed by atoms with Gasteiger partial charge in [-0.15, -0.1) is 0 Å². The van der Waals surface area contributed by atoms with E-state index in [1.165, 1.54) is 0 Å². The second-order valence-corrected chi connectivity index (χ2v) is 10.6. The third kappa shape index (κ3) is 5.19. The predicted octanol–water partition coefficient (Wildman–Crippen LogP) is 7.47. The molecular weight excluding hydrogens is 550 g/mol. The fourth-order valence-electron chi connectivity index (χ4n) is 5.37. The van der Waals surface area contributed by atoms with E-state index in [1.54, 1.807) is 12.1 Å². The number of carbonyl (C=O) groups excluding carboxylic acids is 1. The van der Waals surface area contributed by atoms with E-state index in [2.05, 4.69) is 10.2 Å². The van der Waals surface area contributed by atoms with E-state index in [0.717, 1.165) is 22.3 Å². The van der Waals surface area contributed by atoms with E-state index in [9.17, 15) is 9.90 Å². The number of rotatable bonds is 9. The number of benzene rings is 4. The average Bonchev–Trinajstić information content (AvgIpc) is 3.54. The Morgan fingerprint density at radius 3 is 2.36 bits per heavy atom. The number of aryl methyl sites for hydroxylation is 1. The maximum atomic E-state index is 13.9. The lowest BCUT2D eigenvalue weighted by molar-refractivity contribution is 0.0729. The third-order valence-corrected chi connectivity index (χ3v) is 7.82. The van der Waals surface area contributed by atoms with Gasteiger partial charge in [0.25, 0.3) is 5.91 Å². The monoisotopic (exact) mass is 579 g/mol. The molecule has 212 valence electrons. The Morgan fingerprint density at radius 1 is 0.929 bits per heavy atom. The number of nitrogens with zero attached hydrogens (tertiary/aromatic N) is 2. The lowest BCUT2D eigenvalue weighted by Gasteiger charge is -2.27. The molecule has 0 fully saturated rings. The average molecular weight is 580 g/mol. The SMILES string of the molecule is CCOc1cc(C2c3c(-c4cc(Cl)c(C)cc4O)n[nH]c3C(=O)N2Cc2ccccc2)ccc1OCc1ccccc1. The number of H-pyrrole nitrogens is 1. The molecule has 0 bridgehead atoms. The zero-order valence-corrected chi connectivity index (χ0v) is 24.1. The fraction of sp³-hybridized carbons (Fsp3) is 0.176. The van der Waals surface area contributed by atoms with Crippen molar-refractivity contribution in [3.8, 4) is 28.5 Å². The van der Waals surface area contributed by atoms with Crippen LogP contribution >= 0.6 is 11.6 Å². The van der Waals surface area contributed by atoms with Gasteiger partial charge in [0, 0.05) is 22.7 Å². The van der Waals surface area contributed by atoms with E-state index >= 15 is 0 Å². The minimum atomic E-state index is -0.511. The molecular formula is C34H30ClN3O4. The second kappa shape index (κ2) is 11.6. The van der Waals surface area contributed by atoms with Crippen molar-refractivity contribution in [3.63, 3.8) is 0 Å². The van der Waals surface area contributed by atoms with Crippen molar-refractivity contribution in [2.75, 3.05) is 6.61 Å². The summed E-state index contributed by atoms with van der Waals surface area (Å²) in [5, 5.41) is 18.8. The Balaban J connectivity index is 1.45. The van der Waals surface area contributed by atoms with Gasteiger partial charge in [-0.2, -0.15) is 5.10 Å². The number of amides is 1. The summed E-state index contributed by atoms with van der Waals surface area (Å²) in [5.41, 5.74) is 5.59. The van der Waals surface area contributed by atoms with Crippen LogP contribution in [0.25, 0.3) is 11.3 Å². The third-order valence-electron chi connectivity index (χ3n) is 7.41. The quantitative estimate of drug-likeness (QED) is 0.189. The van der Waals surface area contributed by atoms with Crippen molar-refractivity contribution >= 4 is 17.5 Å². The number of hydrogen-bond donors (Lipinski definition) is 2. The highest BCUT2D eigenvalue weighted by atomic mass is 35.5. The fourth-order valence-corrected chi connectivity index (χ4v) is 5.53. The Labute approximate surface area is 249 Å². The highest BCUT2D eigenvalue weighted by Gasteiger charge is 2.43. The minimum Gasteiger partial charge on any atom is -0.507 e. The Bertz CT molecular complexity index is 1740. The summed E-state index contributed by atoms with van der Waals surface area (Å²) in [6, 6.07) is 28.3. The van der Waals surface area contributed by atoms with Crippen LogP contribution in [0.1, 0.15) is 51.3 Å². The zero-order valence-electron chi connectivity index (χ0n) is 23.3. The highest BCUT2D eigenvalue weighted by molar-refractivity contribution is 6.31. The van der Waals surface area contributed by atoms with Gasteiger partial charge in [0.2, 0.25) is 0 Å². The Hall–Kier alpha value is -4.75. The van der Waals surface area contributed by atoms with E-state index < -0.39 is 6.04 Å². The maximum Gasteiger partial charge on any atom is 0.273 e. The van der Waals surface area contributed by atoms with E-state index in [4.69, 9.17) is 21.1 Å². The minimum absolute atomic E-state index is 0.0403. The highest BCUT2D eigenvalue weighted by Crippen LogP contribution is 2.47. The molecule has 2 N–H and O–H groups in total. The summed E-state index contributed by atoms with van der Waals surface area (Å²) in [4.78, 5) is 15.7. The van der Waals surface area contributed by atoms with E-state index in [1.807, 2.05) is 97.6 Å². The summed E-state index contributed by atoms with van der Waals surface area (Å²) in [5.74, 6) is 1.05. The molecule has 0 saturated carbocycles. The predicted molar refractivity (Wildman–Crippen MR) is 162 cm³/mol. The number of phenolic OH excluding ortho intramolecular Hbond substituents is 1. The molecule has 4 aromatic carbocycles.